The van der Waals surface area contributed by atoms with Gasteiger partial charge in [-0.25, -0.2) is 4.79 Å². The Morgan fingerprint density at radius 3 is 2.85 bits per heavy atom. The van der Waals surface area contributed by atoms with E-state index in [0.29, 0.717) is 6.04 Å². The molecular formula is C15H18N4O. The third-order valence-electron chi connectivity index (χ3n) is 3.64. The molecule has 1 heterocycles. The molecule has 0 unspecified atom stereocenters. The van der Waals surface area contributed by atoms with Gasteiger partial charge in [0.15, 0.2) is 0 Å². The number of carbonyl (C=O) groups is 1. The summed E-state index contributed by atoms with van der Waals surface area (Å²) in [5.41, 5.74) is 2.82. The maximum absolute atomic E-state index is 11.9. The molecule has 3 N–H and O–H groups in total. The summed E-state index contributed by atoms with van der Waals surface area (Å²) in [6.45, 7) is 0. The van der Waals surface area contributed by atoms with Crippen molar-refractivity contribution in [3.05, 3.63) is 36.7 Å². The van der Waals surface area contributed by atoms with Gasteiger partial charge >= 0.3 is 6.03 Å². The first-order chi connectivity index (χ1) is 9.81. The van der Waals surface area contributed by atoms with E-state index in [1.54, 1.807) is 6.20 Å². The number of urea groups is 1. The Morgan fingerprint density at radius 2 is 2.10 bits per heavy atom. The monoisotopic (exact) mass is 270 g/mol. The lowest BCUT2D eigenvalue weighted by molar-refractivity contribution is 0.248. The van der Waals surface area contributed by atoms with Gasteiger partial charge in [0.25, 0.3) is 0 Å². The first-order valence-corrected chi connectivity index (χ1v) is 6.98. The number of nitrogens with one attached hydrogen (secondary N) is 3. The van der Waals surface area contributed by atoms with Crippen molar-refractivity contribution >= 4 is 11.7 Å². The molecule has 3 rings (SSSR count). The molecule has 0 saturated heterocycles. The summed E-state index contributed by atoms with van der Waals surface area (Å²) in [5.74, 6) is 0. The van der Waals surface area contributed by atoms with Crippen LogP contribution in [0.15, 0.2) is 36.7 Å². The van der Waals surface area contributed by atoms with E-state index < -0.39 is 0 Å². The van der Waals surface area contributed by atoms with Crippen LogP contribution in [-0.2, 0) is 0 Å². The smallest absolute Gasteiger partial charge is 0.319 e. The van der Waals surface area contributed by atoms with Gasteiger partial charge in [-0.3, -0.25) is 5.10 Å². The summed E-state index contributed by atoms with van der Waals surface area (Å²) < 4.78 is 0. The second-order valence-corrected chi connectivity index (χ2v) is 5.15. The summed E-state index contributed by atoms with van der Waals surface area (Å²) in [4.78, 5) is 11.9. The second kappa shape index (κ2) is 5.77. The van der Waals surface area contributed by atoms with Gasteiger partial charge in [0.1, 0.15) is 0 Å². The standard InChI is InChI=1S/C15H18N4O/c20-15(18-13-5-1-2-6-13)19-14-7-3-4-11(8-14)12-9-16-17-10-12/h3-4,7-10,13H,1-2,5-6H2,(H,16,17)(H2,18,19,20). The van der Waals surface area contributed by atoms with Crippen LogP contribution in [0.5, 0.6) is 0 Å². The van der Waals surface area contributed by atoms with Crippen molar-refractivity contribution < 1.29 is 4.79 Å². The Kier molecular flexibility index (Phi) is 3.67. The van der Waals surface area contributed by atoms with Crippen molar-refractivity contribution in [2.24, 2.45) is 0 Å². The van der Waals surface area contributed by atoms with Gasteiger partial charge in [-0.05, 0) is 30.5 Å². The molecule has 104 valence electrons. The third-order valence-corrected chi connectivity index (χ3v) is 3.64. The third kappa shape index (κ3) is 2.99. The molecule has 1 aromatic heterocycles. The maximum atomic E-state index is 11.9. The molecule has 1 aliphatic rings. The summed E-state index contributed by atoms with van der Waals surface area (Å²) in [6.07, 6.45) is 8.18. The van der Waals surface area contributed by atoms with Crippen molar-refractivity contribution in [2.75, 3.05) is 5.32 Å². The fourth-order valence-corrected chi connectivity index (χ4v) is 2.61. The predicted molar refractivity (Wildman–Crippen MR) is 78.4 cm³/mol. The number of benzene rings is 1. The first-order valence-electron chi connectivity index (χ1n) is 6.98. The average Bonchev–Trinajstić information content (AvgIpc) is 3.11. The Morgan fingerprint density at radius 1 is 1.25 bits per heavy atom. The number of hydrogen-bond donors (Lipinski definition) is 3. The molecule has 0 radical (unpaired) electrons. The van der Waals surface area contributed by atoms with E-state index in [-0.39, 0.29) is 6.03 Å². The lowest BCUT2D eigenvalue weighted by Crippen LogP contribution is -2.36. The quantitative estimate of drug-likeness (QED) is 0.802. The number of H-pyrrole nitrogens is 1. The van der Waals surface area contributed by atoms with Gasteiger partial charge in [-0.15, -0.1) is 0 Å². The lowest BCUT2D eigenvalue weighted by Gasteiger charge is -2.13. The molecule has 5 nitrogen and oxygen atoms in total. The molecule has 1 saturated carbocycles. The predicted octanol–water partition coefficient (Wildman–Crippen LogP) is 3.14. The molecule has 0 aliphatic heterocycles. The van der Waals surface area contributed by atoms with Gasteiger partial charge in [-0.2, -0.15) is 5.10 Å². The lowest BCUT2D eigenvalue weighted by atomic mass is 10.1. The number of nitrogens with zero attached hydrogens (tertiary/aromatic N) is 1. The van der Waals surface area contributed by atoms with Crippen molar-refractivity contribution in [1.29, 1.82) is 0 Å². The zero-order valence-corrected chi connectivity index (χ0v) is 11.2. The topological polar surface area (TPSA) is 69.8 Å². The molecular weight excluding hydrogens is 252 g/mol. The molecule has 1 aliphatic carbocycles. The molecule has 20 heavy (non-hydrogen) atoms. The largest absolute Gasteiger partial charge is 0.335 e. The SMILES string of the molecule is O=C(Nc1cccc(-c2cn[nH]c2)c1)NC1CCCC1. The van der Waals surface area contributed by atoms with Crippen LogP contribution < -0.4 is 10.6 Å². The van der Waals surface area contributed by atoms with Gasteiger partial charge < -0.3 is 10.6 Å². The van der Waals surface area contributed by atoms with E-state index in [1.165, 1.54) is 12.8 Å². The van der Waals surface area contributed by atoms with Gasteiger partial charge in [0.05, 0.1) is 6.20 Å². The first kappa shape index (κ1) is 12.7. The highest BCUT2D eigenvalue weighted by Gasteiger charge is 2.16. The maximum Gasteiger partial charge on any atom is 0.319 e. The number of aromatic nitrogens is 2. The minimum absolute atomic E-state index is 0.124. The molecule has 2 amide bonds. The van der Waals surface area contributed by atoms with E-state index in [2.05, 4.69) is 20.8 Å². The Labute approximate surface area is 117 Å². The van der Waals surface area contributed by atoms with Gasteiger partial charge in [-0.1, -0.05) is 25.0 Å². The summed E-state index contributed by atoms with van der Waals surface area (Å²) in [6, 6.07) is 7.95. The normalized spacial score (nSPS) is 15.2. The van der Waals surface area contributed by atoms with Crippen LogP contribution in [0.1, 0.15) is 25.7 Å². The van der Waals surface area contributed by atoms with Crippen LogP contribution in [0.4, 0.5) is 10.5 Å². The summed E-state index contributed by atoms with van der Waals surface area (Å²) >= 11 is 0. The van der Waals surface area contributed by atoms with Crippen LogP contribution in [0.3, 0.4) is 0 Å². The number of amides is 2. The van der Waals surface area contributed by atoms with Gasteiger partial charge in [0.2, 0.25) is 0 Å². The number of carbonyl (C=O) groups excluding carboxylic acids is 1. The summed E-state index contributed by atoms with van der Waals surface area (Å²) in [5, 5.41) is 12.6. The van der Waals surface area contributed by atoms with Crippen LogP contribution in [0.2, 0.25) is 0 Å². The van der Waals surface area contributed by atoms with Crippen molar-refractivity contribution in [2.45, 2.75) is 31.7 Å². The van der Waals surface area contributed by atoms with Crippen molar-refractivity contribution in [3.63, 3.8) is 0 Å². The van der Waals surface area contributed by atoms with Crippen molar-refractivity contribution in [3.8, 4) is 11.1 Å². The average molecular weight is 270 g/mol. The number of rotatable bonds is 3. The zero-order chi connectivity index (χ0) is 13.8. The molecule has 5 heteroatoms. The number of aromatic amines is 1. The molecule has 2 aromatic rings. The van der Waals surface area contributed by atoms with E-state index in [9.17, 15) is 4.79 Å². The van der Waals surface area contributed by atoms with Crippen LogP contribution in [0.25, 0.3) is 11.1 Å². The van der Waals surface area contributed by atoms with E-state index in [4.69, 9.17) is 0 Å². The minimum atomic E-state index is -0.124. The van der Waals surface area contributed by atoms with Crippen LogP contribution in [0, 0.1) is 0 Å². The van der Waals surface area contributed by atoms with Gasteiger partial charge in [0, 0.05) is 23.5 Å². The van der Waals surface area contributed by atoms with Crippen LogP contribution >= 0.6 is 0 Å². The second-order valence-electron chi connectivity index (χ2n) is 5.15. The highest BCUT2D eigenvalue weighted by atomic mass is 16.2. The number of hydrogen-bond acceptors (Lipinski definition) is 2. The highest BCUT2D eigenvalue weighted by Crippen LogP contribution is 2.22. The zero-order valence-electron chi connectivity index (χ0n) is 11.2. The van der Waals surface area contributed by atoms with E-state index >= 15 is 0 Å². The minimum Gasteiger partial charge on any atom is -0.335 e. The fraction of sp³-hybridized carbons (Fsp3) is 0.333. The van der Waals surface area contributed by atoms with Crippen LogP contribution in [-0.4, -0.2) is 22.3 Å². The Bertz CT molecular complexity index is 573. The molecule has 1 aromatic carbocycles. The summed E-state index contributed by atoms with van der Waals surface area (Å²) in [7, 11) is 0. The molecule has 0 atom stereocenters. The Balaban J connectivity index is 1.65. The van der Waals surface area contributed by atoms with Crippen molar-refractivity contribution in [1.82, 2.24) is 15.5 Å². The van der Waals surface area contributed by atoms with E-state index in [0.717, 1.165) is 29.7 Å². The molecule has 0 bridgehead atoms. The highest BCUT2D eigenvalue weighted by molar-refractivity contribution is 5.90. The fourth-order valence-electron chi connectivity index (χ4n) is 2.61. The molecule has 0 spiro atoms. The number of anilines is 1. The molecule has 1 fully saturated rings. The Hall–Kier alpha value is -2.30. The van der Waals surface area contributed by atoms with E-state index in [1.807, 2.05) is 30.5 Å².